The number of methoxy groups -OCH3 is 2. The van der Waals surface area contributed by atoms with Gasteiger partial charge in [0.1, 0.15) is 11.5 Å². The van der Waals surface area contributed by atoms with Gasteiger partial charge in [0.2, 0.25) is 0 Å². The van der Waals surface area contributed by atoms with Crippen LogP contribution < -0.4 is 14.8 Å². The third-order valence-corrected chi connectivity index (χ3v) is 3.53. The van der Waals surface area contributed by atoms with E-state index in [4.69, 9.17) is 9.47 Å². The monoisotopic (exact) mass is 285 g/mol. The number of rotatable bonds is 6. The maximum Gasteiger partial charge on any atom is 0.123 e. The summed E-state index contributed by atoms with van der Waals surface area (Å²) in [4.78, 5) is 0. The van der Waals surface area contributed by atoms with E-state index in [-0.39, 0.29) is 0 Å². The van der Waals surface area contributed by atoms with Gasteiger partial charge in [-0.15, -0.1) is 0 Å². The van der Waals surface area contributed by atoms with Gasteiger partial charge >= 0.3 is 0 Å². The van der Waals surface area contributed by atoms with Crippen molar-refractivity contribution < 1.29 is 9.47 Å². The Labute approximate surface area is 126 Å². The van der Waals surface area contributed by atoms with Gasteiger partial charge in [0.15, 0.2) is 0 Å². The zero-order valence-corrected chi connectivity index (χ0v) is 13.2. The molecule has 0 aliphatic heterocycles. The van der Waals surface area contributed by atoms with Crippen LogP contribution in [0.15, 0.2) is 36.4 Å². The van der Waals surface area contributed by atoms with Crippen molar-refractivity contribution in [3.8, 4) is 22.6 Å². The van der Waals surface area contributed by atoms with Gasteiger partial charge in [0, 0.05) is 12.6 Å². The minimum absolute atomic E-state index is 0.806. The number of hydrogen-bond acceptors (Lipinski definition) is 3. The van der Waals surface area contributed by atoms with E-state index in [2.05, 4.69) is 37.4 Å². The van der Waals surface area contributed by atoms with Crippen LogP contribution in [-0.2, 0) is 6.54 Å². The Hall–Kier alpha value is -2.00. The molecule has 2 aromatic rings. The first kappa shape index (κ1) is 15.4. The molecule has 0 amide bonds. The maximum absolute atomic E-state index is 5.35. The fourth-order valence-corrected chi connectivity index (χ4v) is 2.39. The third kappa shape index (κ3) is 3.76. The molecule has 21 heavy (non-hydrogen) atoms. The van der Waals surface area contributed by atoms with E-state index in [9.17, 15) is 0 Å². The summed E-state index contributed by atoms with van der Waals surface area (Å²) in [6.45, 7) is 6.13. The molecule has 1 N–H and O–H groups in total. The Morgan fingerprint density at radius 2 is 1.62 bits per heavy atom. The molecule has 0 unspecified atom stereocenters. The molecule has 0 aliphatic rings. The lowest BCUT2D eigenvalue weighted by Gasteiger charge is -2.12. The zero-order chi connectivity index (χ0) is 15.2. The first-order valence-corrected chi connectivity index (χ1v) is 7.21. The van der Waals surface area contributed by atoms with Gasteiger partial charge in [-0.05, 0) is 47.9 Å². The van der Waals surface area contributed by atoms with Crippen LogP contribution in [0.25, 0.3) is 11.1 Å². The fourth-order valence-electron chi connectivity index (χ4n) is 2.39. The van der Waals surface area contributed by atoms with E-state index in [1.807, 2.05) is 18.2 Å². The summed E-state index contributed by atoms with van der Waals surface area (Å²) in [6.07, 6.45) is 0. The second-order valence-corrected chi connectivity index (χ2v) is 5.03. The van der Waals surface area contributed by atoms with Crippen molar-refractivity contribution in [2.75, 3.05) is 20.8 Å². The molecular formula is C18H23NO2. The lowest BCUT2D eigenvalue weighted by atomic mass is 9.98. The Morgan fingerprint density at radius 3 is 2.14 bits per heavy atom. The average molecular weight is 285 g/mol. The molecule has 3 heteroatoms. The minimum Gasteiger partial charge on any atom is -0.497 e. The van der Waals surface area contributed by atoms with Crippen molar-refractivity contribution >= 4 is 0 Å². The standard InChI is InChI=1S/C18H23NO2/c1-5-19-12-14-6-7-18(13(2)8-14)15-9-16(20-3)11-17(10-15)21-4/h6-11,19H,5,12H2,1-4H3. The van der Waals surface area contributed by atoms with Crippen LogP contribution in [0.2, 0.25) is 0 Å². The molecule has 0 radical (unpaired) electrons. The summed E-state index contributed by atoms with van der Waals surface area (Å²) in [5.74, 6) is 1.61. The van der Waals surface area contributed by atoms with E-state index >= 15 is 0 Å². The topological polar surface area (TPSA) is 30.5 Å². The fraction of sp³-hybridized carbons (Fsp3) is 0.333. The SMILES string of the molecule is CCNCc1ccc(-c2cc(OC)cc(OC)c2)c(C)c1. The van der Waals surface area contributed by atoms with E-state index in [0.29, 0.717) is 0 Å². The number of nitrogens with one attached hydrogen (secondary N) is 1. The van der Waals surface area contributed by atoms with E-state index in [1.165, 1.54) is 16.7 Å². The molecule has 0 aromatic heterocycles. The predicted octanol–water partition coefficient (Wildman–Crippen LogP) is 3.79. The molecule has 0 aliphatic carbocycles. The van der Waals surface area contributed by atoms with Crippen LogP contribution in [0.4, 0.5) is 0 Å². The molecule has 0 atom stereocenters. The average Bonchev–Trinajstić information content (AvgIpc) is 2.52. The van der Waals surface area contributed by atoms with Crippen LogP contribution in [0.1, 0.15) is 18.1 Å². The largest absolute Gasteiger partial charge is 0.497 e. The highest BCUT2D eigenvalue weighted by Crippen LogP contribution is 2.31. The highest BCUT2D eigenvalue weighted by atomic mass is 16.5. The van der Waals surface area contributed by atoms with Crippen molar-refractivity contribution in [2.45, 2.75) is 20.4 Å². The van der Waals surface area contributed by atoms with Crippen LogP contribution in [-0.4, -0.2) is 20.8 Å². The number of hydrogen-bond donors (Lipinski definition) is 1. The van der Waals surface area contributed by atoms with Gasteiger partial charge in [0.25, 0.3) is 0 Å². The van der Waals surface area contributed by atoms with Gasteiger partial charge in [-0.1, -0.05) is 25.1 Å². The highest BCUT2D eigenvalue weighted by molar-refractivity contribution is 5.70. The van der Waals surface area contributed by atoms with E-state index in [0.717, 1.165) is 30.2 Å². The van der Waals surface area contributed by atoms with Gasteiger partial charge in [-0.2, -0.15) is 0 Å². The molecule has 3 nitrogen and oxygen atoms in total. The molecule has 2 rings (SSSR count). The van der Waals surface area contributed by atoms with Crippen LogP contribution in [0.5, 0.6) is 11.5 Å². The molecule has 0 heterocycles. The third-order valence-electron chi connectivity index (χ3n) is 3.53. The summed E-state index contributed by atoms with van der Waals surface area (Å²) in [5, 5.41) is 3.35. The maximum atomic E-state index is 5.35. The lowest BCUT2D eigenvalue weighted by Crippen LogP contribution is -2.11. The first-order valence-electron chi connectivity index (χ1n) is 7.21. The van der Waals surface area contributed by atoms with Gasteiger partial charge in [-0.25, -0.2) is 0 Å². The summed E-state index contributed by atoms with van der Waals surface area (Å²) in [6, 6.07) is 12.5. The molecule has 0 fully saturated rings. The molecule has 0 saturated carbocycles. The van der Waals surface area contributed by atoms with Gasteiger partial charge in [-0.3, -0.25) is 0 Å². The van der Waals surface area contributed by atoms with Gasteiger partial charge < -0.3 is 14.8 Å². The van der Waals surface area contributed by atoms with E-state index < -0.39 is 0 Å². The van der Waals surface area contributed by atoms with Gasteiger partial charge in [0.05, 0.1) is 14.2 Å². The van der Waals surface area contributed by atoms with E-state index in [1.54, 1.807) is 14.2 Å². The van der Waals surface area contributed by atoms with Crippen LogP contribution in [0.3, 0.4) is 0 Å². The Bertz CT molecular complexity index is 586. The Morgan fingerprint density at radius 1 is 0.952 bits per heavy atom. The Kier molecular flexibility index (Phi) is 5.23. The Balaban J connectivity index is 2.37. The summed E-state index contributed by atoms with van der Waals surface area (Å²) < 4.78 is 10.7. The second-order valence-electron chi connectivity index (χ2n) is 5.03. The number of aryl methyl sites for hydroxylation is 1. The summed E-state index contributed by atoms with van der Waals surface area (Å²) >= 11 is 0. The molecule has 0 saturated heterocycles. The number of benzene rings is 2. The zero-order valence-electron chi connectivity index (χ0n) is 13.2. The lowest BCUT2D eigenvalue weighted by molar-refractivity contribution is 0.394. The van der Waals surface area contributed by atoms with Crippen molar-refractivity contribution in [3.05, 3.63) is 47.5 Å². The summed E-state index contributed by atoms with van der Waals surface area (Å²) in [7, 11) is 3.34. The predicted molar refractivity (Wildman–Crippen MR) is 87.1 cm³/mol. The first-order chi connectivity index (χ1) is 10.2. The van der Waals surface area contributed by atoms with Crippen LogP contribution in [0, 0.1) is 6.92 Å². The summed E-state index contributed by atoms with van der Waals surface area (Å²) in [5.41, 5.74) is 4.86. The minimum atomic E-state index is 0.806. The second kappa shape index (κ2) is 7.14. The molecule has 0 spiro atoms. The highest BCUT2D eigenvalue weighted by Gasteiger charge is 2.07. The van der Waals surface area contributed by atoms with Crippen molar-refractivity contribution in [3.63, 3.8) is 0 Å². The number of ether oxygens (including phenoxy) is 2. The molecular weight excluding hydrogens is 262 g/mol. The quantitative estimate of drug-likeness (QED) is 0.876. The smallest absolute Gasteiger partial charge is 0.123 e. The molecule has 112 valence electrons. The molecule has 0 bridgehead atoms. The van der Waals surface area contributed by atoms with Crippen molar-refractivity contribution in [2.24, 2.45) is 0 Å². The van der Waals surface area contributed by atoms with Crippen LogP contribution >= 0.6 is 0 Å². The molecule has 2 aromatic carbocycles. The normalized spacial score (nSPS) is 10.5. The van der Waals surface area contributed by atoms with Crippen molar-refractivity contribution in [1.29, 1.82) is 0 Å². The van der Waals surface area contributed by atoms with Crippen molar-refractivity contribution in [1.82, 2.24) is 5.32 Å².